The molecule has 1 aliphatic heterocycles. The maximum Gasteiger partial charge on any atom is 0.170 e. The van der Waals surface area contributed by atoms with E-state index in [9.17, 15) is 0 Å². The molecule has 0 aromatic carbocycles. The van der Waals surface area contributed by atoms with E-state index in [1.807, 2.05) is 0 Å². The van der Waals surface area contributed by atoms with E-state index in [1.165, 1.54) is 6.42 Å². The van der Waals surface area contributed by atoms with E-state index >= 15 is 0 Å². The SMILES string of the molecule is CC1(C)CC(C)(C)CC2(C1)OCC(CO)O2. The maximum atomic E-state index is 9.14. The summed E-state index contributed by atoms with van der Waals surface area (Å²) < 4.78 is 11.8. The lowest BCUT2D eigenvalue weighted by Crippen LogP contribution is -2.47. The molecular weight excluding hydrogens is 204 g/mol. The predicted molar refractivity (Wildman–Crippen MR) is 62.1 cm³/mol. The van der Waals surface area contributed by atoms with Gasteiger partial charge in [0.05, 0.1) is 13.2 Å². The second-order valence-electron chi connectivity index (χ2n) is 7.00. The molecule has 0 aromatic rings. The molecule has 2 fully saturated rings. The Hall–Kier alpha value is -0.120. The summed E-state index contributed by atoms with van der Waals surface area (Å²) in [6, 6.07) is 0. The minimum absolute atomic E-state index is 0.0581. The van der Waals surface area contributed by atoms with E-state index in [0.717, 1.165) is 12.8 Å². The molecule has 3 nitrogen and oxygen atoms in total. The van der Waals surface area contributed by atoms with Crippen molar-refractivity contribution in [2.24, 2.45) is 10.8 Å². The number of hydrogen-bond donors (Lipinski definition) is 1. The summed E-state index contributed by atoms with van der Waals surface area (Å²) in [5.41, 5.74) is 0.484. The van der Waals surface area contributed by atoms with Gasteiger partial charge in [-0.1, -0.05) is 27.7 Å². The van der Waals surface area contributed by atoms with Gasteiger partial charge in [0.2, 0.25) is 0 Å². The first-order valence-electron chi connectivity index (χ1n) is 6.19. The fourth-order valence-corrected chi connectivity index (χ4v) is 3.83. The molecule has 1 atom stereocenters. The van der Waals surface area contributed by atoms with Gasteiger partial charge in [0.15, 0.2) is 5.79 Å². The van der Waals surface area contributed by atoms with Gasteiger partial charge in [0, 0.05) is 12.8 Å². The van der Waals surface area contributed by atoms with Crippen LogP contribution in [0.1, 0.15) is 47.0 Å². The Morgan fingerprint density at radius 2 is 1.62 bits per heavy atom. The Morgan fingerprint density at radius 1 is 1.06 bits per heavy atom. The van der Waals surface area contributed by atoms with Crippen molar-refractivity contribution in [2.75, 3.05) is 13.2 Å². The molecular formula is C13H24O3. The first kappa shape index (κ1) is 12.3. The number of ether oxygens (including phenoxy) is 2. The Morgan fingerprint density at radius 3 is 2.06 bits per heavy atom. The van der Waals surface area contributed by atoms with Crippen LogP contribution >= 0.6 is 0 Å². The minimum atomic E-state index is -0.446. The molecule has 0 radical (unpaired) electrons. The largest absolute Gasteiger partial charge is 0.394 e. The van der Waals surface area contributed by atoms with Crippen LogP contribution in [0.2, 0.25) is 0 Å². The fraction of sp³-hybridized carbons (Fsp3) is 1.00. The van der Waals surface area contributed by atoms with Crippen LogP contribution in [0.4, 0.5) is 0 Å². The highest BCUT2D eigenvalue weighted by Gasteiger charge is 2.52. The molecule has 1 unspecified atom stereocenters. The summed E-state index contributed by atoms with van der Waals surface area (Å²) >= 11 is 0. The summed E-state index contributed by atoms with van der Waals surface area (Å²) in [6.07, 6.45) is 2.92. The highest BCUT2D eigenvalue weighted by Crippen LogP contribution is 2.53. The zero-order valence-electron chi connectivity index (χ0n) is 10.9. The molecule has 1 N–H and O–H groups in total. The Bertz CT molecular complexity index is 254. The van der Waals surface area contributed by atoms with E-state index in [0.29, 0.717) is 6.61 Å². The monoisotopic (exact) mass is 228 g/mol. The molecule has 1 saturated carbocycles. The summed E-state index contributed by atoms with van der Waals surface area (Å²) in [5.74, 6) is -0.446. The number of aliphatic hydroxyl groups excluding tert-OH is 1. The van der Waals surface area contributed by atoms with E-state index in [-0.39, 0.29) is 23.5 Å². The number of hydrogen-bond acceptors (Lipinski definition) is 3. The van der Waals surface area contributed by atoms with E-state index < -0.39 is 5.79 Å². The summed E-state index contributed by atoms with van der Waals surface area (Å²) in [4.78, 5) is 0. The van der Waals surface area contributed by atoms with Crippen molar-refractivity contribution in [3.05, 3.63) is 0 Å². The molecule has 2 rings (SSSR count). The molecule has 94 valence electrons. The van der Waals surface area contributed by atoms with Crippen LogP contribution in [0.5, 0.6) is 0 Å². The highest BCUT2D eigenvalue weighted by molar-refractivity contribution is 4.96. The average Bonchev–Trinajstić information content (AvgIpc) is 2.41. The van der Waals surface area contributed by atoms with Gasteiger partial charge in [-0.15, -0.1) is 0 Å². The second kappa shape index (κ2) is 3.69. The lowest BCUT2D eigenvalue weighted by molar-refractivity contribution is -0.231. The van der Waals surface area contributed by atoms with Gasteiger partial charge >= 0.3 is 0 Å². The van der Waals surface area contributed by atoms with Crippen LogP contribution < -0.4 is 0 Å². The molecule has 2 aliphatic rings. The smallest absolute Gasteiger partial charge is 0.170 e. The van der Waals surface area contributed by atoms with Crippen LogP contribution in [-0.2, 0) is 9.47 Å². The quantitative estimate of drug-likeness (QED) is 0.748. The number of rotatable bonds is 1. The summed E-state index contributed by atoms with van der Waals surface area (Å²) in [5, 5.41) is 9.14. The van der Waals surface area contributed by atoms with Crippen molar-refractivity contribution in [1.29, 1.82) is 0 Å². The van der Waals surface area contributed by atoms with Crippen LogP contribution in [0.3, 0.4) is 0 Å². The first-order valence-corrected chi connectivity index (χ1v) is 6.19. The van der Waals surface area contributed by atoms with E-state index in [1.54, 1.807) is 0 Å². The molecule has 0 amide bonds. The van der Waals surface area contributed by atoms with Gasteiger partial charge in [0.1, 0.15) is 6.10 Å². The zero-order valence-corrected chi connectivity index (χ0v) is 10.9. The number of aliphatic hydroxyl groups is 1. The van der Waals surface area contributed by atoms with Crippen LogP contribution in [-0.4, -0.2) is 30.2 Å². The van der Waals surface area contributed by atoms with Gasteiger partial charge in [-0.2, -0.15) is 0 Å². The lowest BCUT2D eigenvalue weighted by Gasteiger charge is -2.49. The van der Waals surface area contributed by atoms with Gasteiger partial charge in [-0.25, -0.2) is 0 Å². The van der Waals surface area contributed by atoms with Crippen LogP contribution in [0, 0.1) is 10.8 Å². The van der Waals surface area contributed by atoms with Crippen LogP contribution in [0.25, 0.3) is 0 Å². The molecule has 3 heteroatoms. The third kappa shape index (κ3) is 2.41. The summed E-state index contributed by atoms with van der Waals surface area (Å²) in [7, 11) is 0. The Balaban J connectivity index is 2.16. The fourth-order valence-electron chi connectivity index (χ4n) is 3.83. The third-order valence-electron chi connectivity index (χ3n) is 3.57. The average molecular weight is 228 g/mol. The molecule has 0 bridgehead atoms. The molecule has 1 spiro atoms. The van der Waals surface area contributed by atoms with Gasteiger partial charge in [-0.3, -0.25) is 0 Å². The standard InChI is InChI=1S/C13H24O3/c1-11(2)7-12(3,4)9-13(8-11)15-6-10(5-14)16-13/h10,14H,5-9H2,1-4H3. The molecule has 1 heterocycles. The normalized spacial score (nSPS) is 35.4. The maximum absolute atomic E-state index is 9.14. The lowest BCUT2D eigenvalue weighted by atomic mass is 9.63. The second-order valence-corrected chi connectivity index (χ2v) is 7.00. The molecule has 0 aromatic heterocycles. The van der Waals surface area contributed by atoms with Gasteiger partial charge in [0.25, 0.3) is 0 Å². The molecule has 1 aliphatic carbocycles. The Labute approximate surface area is 98.1 Å². The third-order valence-corrected chi connectivity index (χ3v) is 3.57. The summed E-state index contributed by atoms with van der Waals surface area (Å²) in [6.45, 7) is 9.68. The van der Waals surface area contributed by atoms with Crippen molar-refractivity contribution in [2.45, 2.75) is 58.8 Å². The zero-order chi connectivity index (χ0) is 12.0. The van der Waals surface area contributed by atoms with Gasteiger partial charge < -0.3 is 14.6 Å². The minimum Gasteiger partial charge on any atom is -0.394 e. The van der Waals surface area contributed by atoms with Gasteiger partial charge in [-0.05, 0) is 17.3 Å². The van der Waals surface area contributed by atoms with Crippen molar-refractivity contribution >= 4 is 0 Å². The molecule has 16 heavy (non-hydrogen) atoms. The predicted octanol–water partition coefficient (Wildman–Crippen LogP) is 2.33. The Kier molecular flexibility index (Phi) is 2.84. The van der Waals surface area contributed by atoms with Crippen LogP contribution in [0.15, 0.2) is 0 Å². The highest BCUT2D eigenvalue weighted by atomic mass is 16.7. The first-order chi connectivity index (χ1) is 7.26. The van der Waals surface area contributed by atoms with Crippen molar-refractivity contribution < 1.29 is 14.6 Å². The van der Waals surface area contributed by atoms with E-state index in [4.69, 9.17) is 14.6 Å². The van der Waals surface area contributed by atoms with E-state index in [2.05, 4.69) is 27.7 Å². The topological polar surface area (TPSA) is 38.7 Å². The van der Waals surface area contributed by atoms with Crippen molar-refractivity contribution in [3.8, 4) is 0 Å². The molecule has 1 saturated heterocycles. The van der Waals surface area contributed by atoms with Crippen molar-refractivity contribution in [3.63, 3.8) is 0 Å². The van der Waals surface area contributed by atoms with Crippen molar-refractivity contribution in [1.82, 2.24) is 0 Å².